The van der Waals surface area contributed by atoms with Crippen molar-refractivity contribution < 1.29 is 28.6 Å². The number of halogens is 1. The van der Waals surface area contributed by atoms with E-state index in [9.17, 15) is 19.1 Å². The molecule has 0 spiro atoms. The van der Waals surface area contributed by atoms with Crippen LogP contribution >= 0.6 is 0 Å². The van der Waals surface area contributed by atoms with Crippen LogP contribution in [0.2, 0.25) is 0 Å². The standard InChI is InChI=1S/C26H22FNO5/c1-32-18-13-11-16(12-14-18)24(29)22-23(19-8-4-6-10-21(19)33-2)28(26(31)25(22)30)15-17-7-3-5-9-20(17)27/h3-14,23,29H,15H2,1-2H3/b24-22-. The first kappa shape index (κ1) is 22.1. The number of hydrogen-bond acceptors (Lipinski definition) is 5. The number of hydrogen-bond donors (Lipinski definition) is 1. The highest BCUT2D eigenvalue weighted by Crippen LogP contribution is 2.43. The summed E-state index contributed by atoms with van der Waals surface area (Å²) in [5.74, 6) is -1.49. The van der Waals surface area contributed by atoms with Gasteiger partial charge in [-0.15, -0.1) is 0 Å². The fourth-order valence-corrected chi connectivity index (χ4v) is 3.97. The number of benzene rings is 3. The minimum absolute atomic E-state index is 0.0917. The molecule has 0 bridgehead atoms. The van der Waals surface area contributed by atoms with Crippen molar-refractivity contribution in [3.8, 4) is 11.5 Å². The van der Waals surface area contributed by atoms with Crippen LogP contribution in [0.25, 0.3) is 5.76 Å². The van der Waals surface area contributed by atoms with Crippen LogP contribution in [0.1, 0.15) is 22.7 Å². The molecule has 3 aromatic rings. The molecule has 1 aliphatic heterocycles. The van der Waals surface area contributed by atoms with E-state index in [-0.39, 0.29) is 23.4 Å². The van der Waals surface area contributed by atoms with Gasteiger partial charge in [0.1, 0.15) is 23.1 Å². The van der Waals surface area contributed by atoms with Gasteiger partial charge in [-0.3, -0.25) is 9.59 Å². The zero-order chi connectivity index (χ0) is 23.5. The van der Waals surface area contributed by atoms with E-state index in [1.807, 2.05) is 0 Å². The lowest BCUT2D eigenvalue weighted by Gasteiger charge is -2.26. The van der Waals surface area contributed by atoms with Crippen molar-refractivity contribution in [3.63, 3.8) is 0 Å². The molecule has 0 radical (unpaired) electrons. The van der Waals surface area contributed by atoms with E-state index >= 15 is 0 Å². The summed E-state index contributed by atoms with van der Waals surface area (Å²) in [6.45, 7) is -0.153. The van der Waals surface area contributed by atoms with Gasteiger partial charge in [-0.1, -0.05) is 36.4 Å². The quantitative estimate of drug-likeness (QED) is 0.343. The number of carbonyl (C=O) groups is 2. The second kappa shape index (κ2) is 9.16. The Hall–Kier alpha value is -4.13. The molecule has 1 atom stereocenters. The summed E-state index contributed by atoms with van der Waals surface area (Å²) in [5, 5.41) is 11.1. The van der Waals surface area contributed by atoms with Crippen molar-refractivity contribution in [2.45, 2.75) is 12.6 Å². The van der Waals surface area contributed by atoms with E-state index in [1.165, 1.54) is 25.2 Å². The molecule has 1 amide bonds. The fourth-order valence-electron chi connectivity index (χ4n) is 3.97. The summed E-state index contributed by atoms with van der Waals surface area (Å²) < 4.78 is 25.0. The van der Waals surface area contributed by atoms with Crippen LogP contribution in [0.3, 0.4) is 0 Å². The van der Waals surface area contributed by atoms with Crippen LogP contribution in [0.15, 0.2) is 78.4 Å². The maximum absolute atomic E-state index is 14.4. The maximum atomic E-state index is 14.4. The van der Waals surface area contributed by atoms with Gasteiger partial charge < -0.3 is 19.5 Å². The highest BCUT2D eigenvalue weighted by molar-refractivity contribution is 6.46. The first-order chi connectivity index (χ1) is 16.0. The summed E-state index contributed by atoms with van der Waals surface area (Å²) in [7, 11) is 3.00. The lowest BCUT2D eigenvalue weighted by molar-refractivity contribution is -0.140. The van der Waals surface area contributed by atoms with Gasteiger partial charge in [-0.2, -0.15) is 0 Å². The molecule has 6 nitrogen and oxygen atoms in total. The zero-order valence-corrected chi connectivity index (χ0v) is 18.1. The molecular formula is C26H22FNO5. The molecule has 0 aromatic heterocycles. The number of amides is 1. The Morgan fingerprint density at radius 2 is 1.61 bits per heavy atom. The third-order valence-electron chi connectivity index (χ3n) is 5.64. The van der Waals surface area contributed by atoms with Crippen molar-refractivity contribution in [1.82, 2.24) is 4.90 Å². The second-order valence-corrected chi connectivity index (χ2v) is 7.49. The van der Waals surface area contributed by atoms with Gasteiger partial charge in [-0.25, -0.2) is 4.39 Å². The fraction of sp³-hybridized carbons (Fsp3) is 0.154. The van der Waals surface area contributed by atoms with Gasteiger partial charge in [-0.05, 0) is 36.4 Å². The van der Waals surface area contributed by atoms with Crippen molar-refractivity contribution in [1.29, 1.82) is 0 Å². The van der Waals surface area contributed by atoms with Crippen LogP contribution in [-0.2, 0) is 16.1 Å². The Morgan fingerprint density at radius 3 is 2.27 bits per heavy atom. The number of rotatable bonds is 6. The number of ketones is 1. The molecular weight excluding hydrogens is 425 g/mol. The first-order valence-corrected chi connectivity index (χ1v) is 10.3. The lowest BCUT2D eigenvalue weighted by Crippen LogP contribution is -2.29. The second-order valence-electron chi connectivity index (χ2n) is 7.49. The SMILES string of the molecule is COc1ccc(/C(O)=C2/C(=O)C(=O)N(Cc3ccccc3F)C2c2ccccc2OC)cc1. The lowest BCUT2D eigenvalue weighted by atomic mass is 9.94. The summed E-state index contributed by atoms with van der Waals surface area (Å²) in [4.78, 5) is 27.5. The number of methoxy groups -OCH3 is 2. The van der Waals surface area contributed by atoms with E-state index in [1.54, 1.807) is 66.7 Å². The highest BCUT2D eigenvalue weighted by Gasteiger charge is 2.47. The minimum Gasteiger partial charge on any atom is -0.507 e. The van der Waals surface area contributed by atoms with E-state index in [0.717, 1.165) is 0 Å². The van der Waals surface area contributed by atoms with Crippen molar-refractivity contribution >= 4 is 17.4 Å². The Kier molecular flexibility index (Phi) is 6.13. The van der Waals surface area contributed by atoms with Crippen LogP contribution in [0.4, 0.5) is 4.39 Å². The number of para-hydroxylation sites is 1. The number of nitrogens with zero attached hydrogens (tertiary/aromatic N) is 1. The number of Topliss-reactive ketones (excluding diaryl/α,β-unsaturated/α-hetero) is 1. The third kappa shape index (κ3) is 4.05. The topological polar surface area (TPSA) is 76.1 Å². The van der Waals surface area contributed by atoms with E-state index < -0.39 is 23.5 Å². The smallest absolute Gasteiger partial charge is 0.295 e. The molecule has 1 N–H and O–H groups in total. The summed E-state index contributed by atoms with van der Waals surface area (Å²) in [6, 6.07) is 18.5. The average molecular weight is 447 g/mol. The maximum Gasteiger partial charge on any atom is 0.295 e. The molecule has 0 aliphatic carbocycles. The molecule has 4 rings (SSSR count). The predicted octanol–water partition coefficient (Wildman–Crippen LogP) is 4.46. The largest absolute Gasteiger partial charge is 0.507 e. The molecule has 33 heavy (non-hydrogen) atoms. The van der Waals surface area contributed by atoms with Crippen LogP contribution < -0.4 is 9.47 Å². The Morgan fingerprint density at radius 1 is 0.939 bits per heavy atom. The first-order valence-electron chi connectivity index (χ1n) is 10.3. The molecule has 1 aliphatic rings. The number of carbonyl (C=O) groups excluding carboxylic acids is 2. The minimum atomic E-state index is -0.970. The van der Waals surface area contributed by atoms with E-state index in [2.05, 4.69) is 0 Å². The number of aliphatic hydroxyl groups is 1. The highest BCUT2D eigenvalue weighted by atomic mass is 19.1. The third-order valence-corrected chi connectivity index (χ3v) is 5.64. The van der Waals surface area contributed by atoms with Crippen molar-refractivity contribution in [2.24, 2.45) is 0 Å². The zero-order valence-electron chi connectivity index (χ0n) is 18.1. The Balaban J connectivity index is 1.89. The van der Waals surface area contributed by atoms with Gasteiger partial charge in [0.15, 0.2) is 0 Å². The van der Waals surface area contributed by atoms with Gasteiger partial charge in [0.2, 0.25) is 0 Å². The molecule has 1 heterocycles. The molecule has 1 saturated heterocycles. The summed E-state index contributed by atoms with van der Waals surface area (Å²) in [6.07, 6.45) is 0. The monoisotopic (exact) mass is 447 g/mol. The predicted molar refractivity (Wildman–Crippen MR) is 120 cm³/mol. The summed E-state index contributed by atoms with van der Waals surface area (Å²) in [5.41, 5.74) is 1.01. The van der Waals surface area contributed by atoms with Crippen LogP contribution in [0.5, 0.6) is 11.5 Å². The normalized spacial score (nSPS) is 17.3. The molecule has 1 fully saturated rings. The van der Waals surface area contributed by atoms with Gasteiger partial charge in [0.05, 0.1) is 25.8 Å². The van der Waals surface area contributed by atoms with Crippen LogP contribution in [0, 0.1) is 5.82 Å². The molecule has 168 valence electrons. The molecule has 0 saturated carbocycles. The van der Waals surface area contributed by atoms with Gasteiger partial charge in [0, 0.05) is 23.2 Å². The van der Waals surface area contributed by atoms with E-state index in [0.29, 0.717) is 22.6 Å². The Labute approximate surface area is 190 Å². The molecule has 1 unspecified atom stereocenters. The Bertz CT molecular complexity index is 1240. The number of ether oxygens (including phenoxy) is 2. The molecule has 3 aromatic carbocycles. The van der Waals surface area contributed by atoms with E-state index in [4.69, 9.17) is 9.47 Å². The van der Waals surface area contributed by atoms with Gasteiger partial charge in [0.25, 0.3) is 11.7 Å². The number of likely N-dealkylation sites (tertiary alicyclic amines) is 1. The van der Waals surface area contributed by atoms with Crippen LogP contribution in [-0.4, -0.2) is 35.9 Å². The number of aliphatic hydroxyl groups excluding tert-OH is 1. The summed E-state index contributed by atoms with van der Waals surface area (Å²) >= 11 is 0. The van der Waals surface area contributed by atoms with Crippen molar-refractivity contribution in [2.75, 3.05) is 14.2 Å². The average Bonchev–Trinajstić information content (AvgIpc) is 3.09. The van der Waals surface area contributed by atoms with Gasteiger partial charge >= 0.3 is 0 Å². The van der Waals surface area contributed by atoms with Crippen molar-refractivity contribution in [3.05, 3.63) is 101 Å². The molecule has 7 heteroatoms.